The molecule has 0 spiro atoms. The number of thiocarbonyl (C=S) groups is 1. The predicted octanol–water partition coefficient (Wildman–Crippen LogP) is 17.5. The molecule has 0 saturated heterocycles. The van der Waals surface area contributed by atoms with Crippen molar-refractivity contribution in [2.45, 2.75) is 227 Å². The number of rotatable bonds is 88. The van der Waals surface area contributed by atoms with Gasteiger partial charge in [0.15, 0.2) is 5.11 Å². The molecule has 1 aliphatic carbocycles. The van der Waals surface area contributed by atoms with Gasteiger partial charge in [-0.2, -0.15) is 0 Å². The zero-order valence-corrected chi connectivity index (χ0v) is 75.8. The quantitative estimate of drug-likeness (QED) is 0.0161. The van der Waals surface area contributed by atoms with Crippen LogP contribution in [0.2, 0.25) is 0 Å². The van der Waals surface area contributed by atoms with E-state index < -0.39 is 5.97 Å². The Morgan fingerprint density at radius 1 is 0.387 bits per heavy atom. The summed E-state index contributed by atoms with van der Waals surface area (Å²) in [6.45, 7) is 33.2. The van der Waals surface area contributed by atoms with E-state index >= 15 is 0 Å². The summed E-state index contributed by atoms with van der Waals surface area (Å²) in [4.78, 5) is 15.2. The number of benzene rings is 3. The smallest absolute Gasteiger partial charge is 0.336 e. The van der Waals surface area contributed by atoms with Gasteiger partial charge in [-0.15, -0.1) is 0 Å². The zero-order valence-electron chi connectivity index (χ0n) is 74.9. The van der Waals surface area contributed by atoms with Gasteiger partial charge in [0.05, 0.1) is 216 Å². The number of aromatic carboxylic acids is 1. The lowest BCUT2D eigenvalue weighted by atomic mass is 9.90. The lowest BCUT2D eigenvalue weighted by molar-refractivity contribution is -0.0702. The van der Waals surface area contributed by atoms with Crippen LogP contribution >= 0.6 is 12.2 Å². The number of hydrogen-bond donors (Lipinski definition) is 3. The summed E-state index contributed by atoms with van der Waals surface area (Å²) in [5, 5.41) is 19.1. The molecule has 25 heteroatoms. The van der Waals surface area contributed by atoms with E-state index in [0.29, 0.717) is 239 Å². The first-order valence-corrected chi connectivity index (χ1v) is 46.8. The van der Waals surface area contributed by atoms with Crippen molar-refractivity contribution in [1.82, 2.24) is 9.89 Å². The topological polar surface area (TPSA) is 238 Å². The maximum atomic E-state index is 13.0. The molecule has 0 bridgehead atoms. The molecule has 1 heterocycles. The minimum atomic E-state index is -1.05. The van der Waals surface area contributed by atoms with E-state index in [-0.39, 0.29) is 11.7 Å². The van der Waals surface area contributed by atoms with E-state index in [1.54, 1.807) is 6.07 Å². The van der Waals surface area contributed by atoms with Crippen molar-refractivity contribution in [2.24, 2.45) is 0 Å². The largest absolute Gasteiger partial charge is 0.478 e. The molecule has 2 aromatic rings. The van der Waals surface area contributed by atoms with Crippen LogP contribution in [0.1, 0.15) is 232 Å². The Balaban J connectivity index is 0.843. The highest BCUT2D eigenvalue weighted by Crippen LogP contribution is 2.43. The van der Waals surface area contributed by atoms with E-state index in [1.807, 2.05) is 36.4 Å². The normalized spacial score (nSPS) is 11.9. The third kappa shape index (κ3) is 55.4. The highest BCUT2D eigenvalue weighted by Gasteiger charge is 2.24. The number of carbonyl (C=O) groups is 1. The highest BCUT2D eigenvalue weighted by molar-refractivity contribution is 7.80. The predicted molar refractivity (Wildman–Crippen MR) is 483 cm³/mol. The van der Waals surface area contributed by atoms with Crippen molar-refractivity contribution in [3.63, 3.8) is 0 Å². The number of anilines is 2. The van der Waals surface area contributed by atoms with E-state index in [9.17, 15) is 9.90 Å². The Bertz CT molecular complexity index is 3030. The molecule has 3 N–H and O–H groups in total. The van der Waals surface area contributed by atoms with Crippen molar-refractivity contribution in [1.29, 1.82) is 0 Å². The third-order valence-electron chi connectivity index (χ3n) is 20.6. The van der Waals surface area contributed by atoms with Gasteiger partial charge in [0.1, 0.15) is 30.5 Å². The summed E-state index contributed by atoms with van der Waals surface area (Å²) < 4.78 is 106. The molecule has 1 aliphatic heterocycles. The molecule has 4 rings (SSSR count). The number of unbranched alkanes of at least 4 members (excludes halogenated alkanes) is 26. The van der Waals surface area contributed by atoms with Gasteiger partial charge in [-0.25, -0.2) is 9.37 Å². The summed E-state index contributed by atoms with van der Waals surface area (Å²) in [7, 11) is 0. The van der Waals surface area contributed by atoms with Gasteiger partial charge in [-0.05, 0) is 88.6 Å². The van der Waals surface area contributed by atoms with Gasteiger partial charge in [0.25, 0.3) is 0 Å². The standard InChI is InChI=1S/C94H162N4O20S/c1-7-13-15-17-19-21-23-25-27-29-31-33-35-37-46-115-80-85(117-47-38-36-34-32-30-28-26-24-22-20-18-16-14-8-2)81-116-76-75-114-74-73-113-72-71-112-70-69-111-68-67-110-66-65-109-64-63-108-62-61-107-60-59-106-58-57-105-56-55-104-54-53-103-52-51-102-50-49-101-48-45-95-94(119)96-82-39-42-86(89(77-82)93(99)100)92-87-43-40-83(97(9-3)10-4)78-90(87)118-91-79-84(41-44-88(91)92)98(11-5)12-6/h39-44,77-79,85H,7-38,45-76,80-81H2,1-6H3,(H2,95,99,100,119)/p+1. The van der Waals surface area contributed by atoms with E-state index in [4.69, 9.17) is 97.2 Å². The Labute approximate surface area is 723 Å². The number of fused-ring (bicyclic) bond motifs is 2. The van der Waals surface area contributed by atoms with Crippen LogP contribution in [0.25, 0.3) is 33.4 Å². The number of ether oxygens (including phenoxy) is 17. The van der Waals surface area contributed by atoms with Gasteiger partial charge in [0, 0.05) is 72.9 Å². The molecule has 0 saturated carbocycles. The van der Waals surface area contributed by atoms with E-state index in [2.05, 4.69) is 73.8 Å². The number of hydrogen-bond acceptors (Lipinski definition) is 21. The second-order valence-corrected chi connectivity index (χ2v) is 30.4. The molecule has 0 radical (unpaired) electrons. The number of nitrogens with zero attached hydrogens (tertiary/aromatic N) is 2. The number of carboxylic acids is 1. The Kier molecular flexibility index (Phi) is 70.1. The van der Waals surface area contributed by atoms with Gasteiger partial charge in [0.2, 0.25) is 5.36 Å². The zero-order chi connectivity index (χ0) is 84.8. The molecular formula is C94H163N4O20S+. The first-order valence-electron chi connectivity index (χ1n) is 46.4. The van der Waals surface area contributed by atoms with Crippen LogP contribution < -0.4 is 25.5 Å². The molecule has 24 nitrogen and oxygen atoms in total. The fraction of sp³-hybridized carbons (Fsp3) is 0.777. The Morgan fingerprint density at radius 3 is 1.10 bits per heavy atom. The molecular weight excluding hydrogens is 1540 g/mol. The average molecular weight is 1700 g/mol. The summed E-state index contributed by atoms with van der Waals surface area (Å²) in [5.74, 6) is -0.373. The van der Waals surface area contributed by atoms with E-state index in [0.717, 1.165) is 79.8 Å². The number of carboxylic acid groups (broad SMARTS) is 1. The maximum Gasteiger partial charge on any atom is 0.336 e. The van der Waals surface area contributed by atoms with Gasteiger partial charge < -0.3 is 106 Å². The van der Waals surface area contributed by atoms with Crippen LogP contribution in [0.3, 0.4) is 0 Å². The molecule has 0 aromatic heterocycles. The monoisotopic (exact) mass is 1700 g/mol. The highest BCUT2D eigenvalue weighted by atomic mass is 32.1. The first kappa shape index (κ1) is 107. The molecule has 0 amide bonds. The maximum absolute atomic E-state index is 13.0. The lowest BCUT2D eigenvalue weighted by Gasteiger charge is -2.22. The molecule has 1 atom stereocenters. The van der Waals surface area contributed by atoms with Crippen LogP contribution in [0.15, 0.2) is 59.0 Å². The minimum absolute atomic E-state index is 0.0549. The minimum Gasteiger partial charge on any atom is -0.478 e. The van der Waals surface area contributed by atoms with Crippen LogP contribution in [0, 0.1) is 0 Å². The Hall–Kier alpha value is -4.59. The number of nitrogens with one attached hydrogen (secondary N) is 2. The summed E-state index contributed by atoms with van der Waals surface area (Å²) in [6.07, 6.45) is 37.8. The van der Waals surface area contributed by atoms with Crippen molar-refractivity contribution < 1.29 is 94.8 Å². The van der Waals surface area contributed by atoms with Crippen molar-refractivity contribution >= 4 is 45.6 Å². The molecule has 0 fully saturated rings. The van der Waals surface area contributed by atoms with E-state index in [1.165, 1.54) is 167 Å². The Morgan fingerprint density at radius 2 is 0.731 bits per heavy atom. The molecule has 2 aliphatic rings. The van der Waals surface area contributed by atoms with Gasteiger partial charge >= 0.3 is 5.97 Å². The third-order valence-corrected chi connectivity index (χ3v) is 20.8. The molecule has 1 unspecified atom stereocenters. The van der Waals surface area contributed by atoms with Crippen LogP contribution in [0.4, 0.5) is 11.4 Å². The fourth-order valence-corrected chi connectivity index (χ4v) is 14.0. The fourth-order valence-electron chi connectivity index (χ4n) is 13.8. The SMILES string of the molecule is CCCCCCCCCCCCCCCCOCC(COCCOCCOCCOCCOCCOCCOCCOCCOCCOCCOCCOCCOCCOCCOCCNC(=S)Nc1ccc(-c2c3ccc(=[N+](CC)CC)cc-3oc3cc(N(CC)CC)ccc23)c(C(=O)O)c1)OCCCCCCCCCCCCCCCC. The summed E-state index contributed by atoms with van der Waals surface area (Å²) in [5.41, 5.74) is 4.61. The van der Waals surface area contributed by atoms with Crippen molar-refractivity contribution in [2.75, 3.05) is 261 Å². The summed E-state index contributed by atoms with van der Waals surface area (Å²) in [6, 6.07) is 17.6. The van der Waals surface area contributed by atoms with Crippen LogP contribution in [-0.4, -0.2) is 273 Å². The molecule has 119 heavy (non-hydrogen) atoms. The second-order valence-electron chi connectivity index (χ2n) is 30.0. The average Bonchev–Trinajstić information content (AvgIpc) is 0.744. The first-order chi connectivity index (χ1) is 58.8. The second kappa shape index (κ2) is 78.2. The lowest BCUT2D eigenvalue weighted by Crippen LogP contribution is -2.31. The molecule has 684 valence electrons. The van der Waals surface area contributed by atoms with Gasteiger partial charge in [-0.1, -0.05) is 187 Å². The van der Waals surface area contributed by atoms with Crippen LogP contribution in [0.5, 0.6) is 0 Å². The molecule has 2 aromatic carbocycles. The van der Waals surface area contributed by atoms with Crippen LogP contribution in [-0.2, 0) is 80.5 Å². The van der Waals surface area contributed by atoms with Crippen molar-refractivity contribution in [3.05, 3.63) is 65.5 Å². The van der Waals surface area contributed by atoms with Crippen molar-refractivity contribution in [3.8, 4) is 22.5 Å². The summed E-state index contributed by atoms with van der Waals surface area (Å²) >= 11 is 5.57. The van der Waals surface area contributed by atoms with Gasteiger partial charge in [-0.3, -0.25) is 0 Å².